The van der Waals surface area contributed by atoms with Gasteiger partial charge in [0.25, 0.3) is 17.7 Å². The van der Waals surface area contributed by atoms with Crippen LogP contribution in [-0.4, -0.2) is 72.9 Å². The Balaban J connectivity index is 1.35. The molecule has 5 rings (SSSR count). The monoisotopic (exact) mass is 1030 g/mol. The van der Waals surface area contributed by atoms with Gasteiger partial charge in [0.1, 0.15) is 25.6 Å². The van der Waals surface area contributed by atoms with Crippen LogP contribution in [0.1, 0.15) is 112 Å². The summed E-state index contributed by atoms with van der Waals surface area (Å²) in [5, 5.41) is 23.0. The lowest BCUT2D eigenvalue weighted by Gasteiger charge is -2.36. The van der Waals surface area contributed by atoms with Gasteiger partial charge >= 0.3 is 0 Å². The molecule has 0 spiro atoms. The van der Waals surface area contributed by atoms with E-state index in [-0.39, 0.29) is 79.2 Å². The number of pyridine rings is 3. The van der Waals surface area contributed by atoms with Crippen molar-refractivity contribution in [1.29, 1.82) is 0 Å². The molecule has 4 amide bonds. The fraction of sp³-hybridized carbons (Fsp3) is 0.404. The van der Waals surface area contributed by atoms with Crippen LogP contribution < -0.4 is 47.0 Å². The highest BCUT2D eigenvalue weighted by molar-refractivity contribution is 9.09. The third-order valence-corrected chi connectivity index (χ3v) is 12.5. The molecule has 374 valence electrons. The number of halogens is 1. The van der Waals surface area contributed by atoms with Gasteiger partial charge in [-0.05, 0) is 69.4 Å². The molecule has 5 aromatic rings. The quantitative estimate of drug-likeness (QED) is 0.0317. The van der Waals surface area contributed by atoms with Gasteiger partial charge in [0.15, 0.2) is 28.3 Å². The molecule has 1 atom stereocenters. The number of alkyl halides is 1. The fourth-order valence-electron chi connectivity index (χ4n) is 8.22. The molecular weight excluding hydrogens is 963 g/mol. The summed E-state index contributed by atoms with van der Waals surface area (Å²) in [6.45, 7) is 1.59. The van der Waals surface area contributed by atoms with Crippen molar-refractivity contribution in [2.45, 2.75) is 96.6 Å². The Morgan fingerprint density at radius 2 is 1.04 bits per heavy atom. The molecule has 0 aliphatic heterocycles. The maximum atomic E-state index is 13.9. The second-order valence-corrected chi connectivity index (χ2v) is 18.0. The van der Waals surface area contributed by atoms with Crippen LogP contribution in [0, 0.1) is 6.92 Å². The van der Waals surface area contributed by atoms with Crippen molar-refractivity contribution in [3.05, 3.63) is 162 Å². The van der Waals surface area contributed by atoms with Gasteiger partial charge in [-0.1, -0.05) is 83.0 Å². The zero-order valence-electron chi connectivity index (χ0n) is 40.1. The largest absolute Gasteiger partial charge is 0.483 e. The van der Waals surface area contributed by atoms with E-state index in [9.17, 15) is 38.7 Å². The van der Waals surface area contributed by atoms with Crippen molar-refractivity contribution >= 4 is 39.6 Å². The van der Waals surface area contributed by atoms with Crippen molar-refractivity contribution in [2.24, 2.45) is 14.1 Å². The van der Waals surface area contributed by atoms with Gasteiger partial charge in [0.2, 0.25) is 16.8 Å². The van der Waals surface area contributed by atoms with Gasteiger partial charge in [-0.15, -0.1) is 0 Å². The van der Waals surface area contributed by atoms with Gasteiger partial charge in [0, 0.05) is 93.4 Å². The number of carbonyl (C=O) groups excluding carboxylic acids is 4. The second-order valence-electron chi connectivity index (χ2n) is 17.2. The number of aliphatic hydroxyl groups excluding tert-OH is 1. The first kappa shape index (κ1) is 54.2. The lowest BCUT2D eigenvalue weighted by Crippen LogP contribution is -2.50. The van der Waals surface area contributed by atoms with Crippen molar-refractivity contribution in [2.75, 3.05) is 25.0 Å². The van der Waals surface area contributed by atoms with E-state index in [1.807, 2.05) is 60.7 Å². The van der Waals surface area contributed by atoms with Crippen molar-refractivity contribution in [3.63, 3.8) is 0 Å². The molecule has 0 saturated carbocycles. The number of rotatable bonds is 28. The van der Waals surface area contributed by atoms with Crippen LogP contribution in [0.5, 0.6) is 11.5 Å². The average molecular weight is 1030 g/mol. The summed E-state index contributed by atoms with van der Waals surface area (Å²) in [7, 11) is 3.34. The molecule has 3 heterocycles. The zero-order chi connectivity index (χ0) is 50.5. The van der Waals surface area contributed by atoms with Crippen LogP contribution in [-0.2, 0) is 38.8 Å². The Morgan fingerprint density at radius 3 is 1.56 bits per heavy atom. The molecule has 70 heavy (non-hydrogen) atoms. The number of amides is 4. The lowest BCUT2D eigenvalue weighted by atomic mass is 9.83. The van der Waals surface area contributed by atoms with Crippen LogP contribution in [0.15, 0.2) is 112 Å². The van der Waals surface area contributed by atoms with Gasteiger partial charge in [-0.3, -0.25) is 33.6 Å². The lowest BCUT2D eigenvalue weighted by molar-refractivity contribution is -0.123. The number of nitrogens with one attached hydrogen (secondary N) is 4. The molecule has 0 bridgehead atoms. The van der Waals surface area contributed by atoms with E-state index in [1.54, 1.807) is 25.6 Å². The first-order valence-electron chi connectivity index (χ1n) is 23.5. The van der Waals surface area contributed by atoms with Crippen LogP contribution in [0.3, 0.4) is 0 Å². The fourth-order valence-corrected chi connectivity index (χ4v) is 8.62. The van der Waals surface area contributed by atoms with Crippen LogP contribution in [0.4, 0.5) is 0 Å². The maximum Gasteiger partial charge on any atom is 0.272 e. The molecule has 3 aromatic heterocycles. The first-order valence-corrected chi connectivity index (χ1v) is 24.6. The molecule has 2 aromatic carbocycles. The minimum absolute atomic E-state index is 0.0147. The highest BCUT2D eigenvalue weighted by atomic mass is 79.9. The maximum absolute atomic E-state index is 13.9. The van der Waals surface area contributed by atoms with E-state index < -0.39 is 40.8 Å². The summed E-state index contributed by atoms with van der Waals surface area (Å²) >= 11 is 3.45. The molecule has 0 saturated heterocycles. The summed E-state index contributed by atoms with van der Waals surface area (Å²) in [5.41, 5.74) is -0.0452. The molecule has 0 aliphatic carbocycles. The number of unbranched alkanes of at least 4 members (excludes halogenated alkanes) is 2. The number of ether oxygens (including phenoxy) is 2. The number of aryl methyl sites for hydroxylation is 2. The highest BCUT2D eigenvalue weighted by Gasteiger charge is 2.32. The van der Waals surface area contributed by atoms with Gasteiger partial charge in [0.05, 0.1) is 0 Å². The Labute approximate surface area is 415 Å². The highest BCUT2D eigenvalue weighted by Crippen LogP contribution is 2.27. The normalized spacial score (nSPS) is 11.8. The Bertz CT molecular complexity index is 2720. The number of hydrogen-bond acceptors (Lipinski definition) is 10. The topological polar surface area (TPSA) is 221 Å². The SMILES string of the molecule is Cc1c(C(=O)NCCCC(CCCNC(=O)c2c(OCc3ccccc3)c(=O)ccn2C)(CCCNC(=O)c2c(OCc3ccccc3)c(=O)ccn2CO)NC(=O)CCCCCBr)n(C)ccc1=O. The molecule has 5 N–H and O–H groups in total. The predicted molar refractivity (Wildman–Crippen MR) is 270 cm³/mol. The van der Waals surface area contributed by atoms with Gasteiger partial charge in [-0.2, -0.15) is 0 Å². The van der Waals surface area contributed by atoms with E-state index in [1.165, 1.54) is 45.9 Å². The smallest absolute Gasteiger partial charge is 0.272 e. The molecule has 0 aliphatic rings. The summed E-state index contributed by atoms with van der Waals surface area (Å²) in [6.07, 6.45) is 9.30. The Hall–Kier alpha value is -6.79. The van der Waals surface area contributed by atoms with Crippen LogP contribution in [0.25, 0.3) is 0 Å². The number of hydrogen-bond donors (Lipinski definition) is 5. The molecule has 0 radical (unpaired) electrons. The Morgan fingerprint density at radius 1 is 0.586 bits per heavy atom. The van der Waals surface area contributed by atoms with E-state index in [4.69, 9.17) is 9.47 Å². The standard InChI is InChI=1S/C52H64BrN7O10/c1-37-40(62)21-31-58(2)44(37)49(66)54-28-13-24-52(57-43(65)20-11-6-12-27-53,25-14-29-55-50(67)45-47(41(63)22-32-59(45)3)69-34-38-16-7-4-8-17-38)26-15-30-56-51(68)46-48(42(64)23-33-60(46)36-61)70-35-39-18-9-5-10-19-39/h4-5,7-10,16-19,21-23,31-33,61H,6,11-15,20,24-30,34-36H2,1-3H3,(H,54,66)(H,55,67)(H,56,68)(H,57,65). The minimum Gasteiger partial charge on any atom is -0.483 e. The minimum atomic E-state index is -0.893. The van der Waals surface area contributed by atoms with Crippen molar-refractivity contribution in [3.8, 4) is 11.5 Å². The molecule has 1 unspecified atom stereocenters. The van der Waals surface area contributed by atoms with Gasteiger partial charge in [-0.25, -0.2) is 0 Å². The number of aliphatic hydroxyl groups is 1. The van der Waals surface area contributed by atoms with E-state index in [0.717, 1.165) is 29.3 Å². The van der Waals surface area contributed by atoms with Crippen LogP contribution in [0.2, 0.25) is 0 Å². The van der Waals surface area contributed by atoms with E-state index in [0.29, 0.717) is 50.5 Å². The van der Waals surface area contributed by atoms with Gasteiger partial charge < -0.3 is 49.5 Å². The Kier molecular flexibility index (Phi) is 21.2. The molecular formula is C52H64BrN7O10. The number of aromatic nitrogens is 3. The zero-order valence-corrected chi connectivity index (χ0v) is 41.7. The third-order valence-electron chi connectivity index (χ3n) is 11.9. The predicted octanol–water partition coefficient (Wildman–Crippen LogP) is 5.40. The average Bonchev–Trinajstić information content (AvgIpc) is 3.35. The van der Waals surface area contributed by atoms with Crippen molar-refractivity contribution in [1.82, 2.24) is 35.0 Å². The number of nitrogens with zero attached hydrogens (tertiary/aromatic N) is 3. The van der Waals surface area contributed by atoms with Crippen molar-refractivity contribution < 1.29 is 33.8 Å². The van der Waals surface area contributed by atoms with Crippen LogP contribution >= 0.6 is 15.9 Å². The summed E-state index contributed by atoms with van der Waals surface area (Å²) < 4.78 is 16.2. The molecule has 0 fully saturated rings. The first-order chi connectivity index (χ1) is 33.8. The third kappa shape index (κ3) is 15.6. The summed E-state index contributed by atoms with van der Waals surface area (Å²) in [4.78, 5) is 93.3. The summed E-state index contributed by atoms with van der Waals surface area (Å²) in [5.74, 6) is -2.03. The molecule has 18 heteroatoms. The summed E-state index contributed by atoms with van der Waals surface area (Å²) in [6, 6.07) is 22.4. The number of carbonyl (C=O) groups is 4. The number of benzene rings is 2. The van der Waals surface area contributed by atoms with E-state index >= 15 is 0 Å². The second kappa shape index (κ2) is 27.4. The molecule has 17 nitrogen and oxygen atoms in total. The van der Waals surface area contributed by atoms with E-state index in [2.05, 4.69) is 37.2 Å².